The van der Waals surface area contributed by atoms with E-state index in [1.54, 1.807) is 6.92 Å². The molecular formula is C10H18N2O2S. The summed E-state index contributed by atoms with van der Waals surface area (Å²) in [5, 5.41) is 0. The van der Waals surface area contributed by atoms with E-state index in [0.717, 1.165) is 19.3 Å². The average Bonchev–Trinajstić information content (AvgIpc) is 2.54. The molecule has 0 radical (unpaired) electrons. The van der Waals surface area contributed by atoms with Crippen molar-refractivity contribution in [2.45, 2.75) is 32.2 Å². The predicted octanol–water partition coefficient (Wildman–Crippen LogP) is 0.0565. The second kappa shape index (κ2) is 5.50. The van der Waals surface area contributed by atoms with Gasteiger partial charge in [0, 0.05) is 12.5 Å². The molecule has 1 rings (SSSR count). The smallest absolute Gasteiger partial charge is 0.150 e. The molecule has 1 fully saturated rings. The molecule has 0 aliphatic carbocycles. The molecule has 1 aliphatic rings. The third kappa shape index (κ3) is 3.82. The van der Waals surface area contributed by atoms with E-state index < -0.39 is 9.84 Å². The van der Waals surface area contributed by atoms with Crippen LogP contribution in [0.25, 0.3) is 0 Å². The Balaban J connectivity index is 2.48. The van der Waals surface area contributed by atoms with Crippen LogP contribution in [-0.2, 0) is 9.84 Å². The van der Waals surface area contributed by atoms with E-state index in [1.807, 2.05) is 0 Å². The van der Waals surface area contributed by atoms with Gasteiger partial charge in [-0.3, -0.25) is 11.3 Å². The Morgan fingerprint density at radius 2 is 2.33 bits per heavy atom. The molecule has 2 unspecified atom stereocenters. The van der Waals surface area contributed by atoms with E-state index in [9.17, 15) is 8.42 Å². The lowest BCUT2D eigenvalue weighted by atomic mass is 9.96. The molecular weight excluding hydrogens is 212 g/mol. The maximum Gasteiger partial charge on any atom is 0.150 e. The Labute approximate surface area is 91.5 Å². The first-order valence-corrected chi connectivity index (χ1v) is 6.97. The molecule has 0 aromatic carbocycles. The quantitative estimate of drug-likeness (QED) is 0.407. The lowest BCUT2D eigenvalue weighted by molar-refractivity contribution is 0.370. The van der Waals surface area contributed by atoms with Gasteiger partial charge in [-0.2, -0.15) is 0 Å². The Bertz CT molecular complexity index is 353. The number of nitrogens with two attached hydrogens (primary N) is 1. The van der Waals surface area contributed by atoms with Crippen molar-refractivity contribution in [3.63, 3.8) is 0 Å². The Morgan fingerprint density at radius 1 is 1.60 bits per heavy atom. The molecule has 1 aliphatic heterocycles. The van der Waals surface area contributed by atoms with Crippen molar-refractivity contribution in [1.82, 2.24) is 5.43 Å². The number of rotatable bonds is 4. The van der Waals surface area contributed by atoms with Crippen LogP contribution in [0.3, 0.4) is 0 Å². The monoisotopic (exact) mass is 230 g/mol. The summed E-state index contributed by atoms with van der Waals surface area (Å²) in [5.74, 6) is 11.9. The minimum Gasteiger partial charge on any atom is -0.271 e. The van der Waals surface area contributed by atoms with Crippen LogP contribution in [0.1, 0.15) is 26.2 Å². The van der Waals surface area contributed by atoms with Gasteiger partial charge < -0.3 is 0 Å². The number of nitrogens with one attached hydrogen (secondary N) is 1. The minimum atomic E-state index is -2.81. The van der Waals surface area contributed by atoms with E-state index in [2.05, 4.69) is 17.3 Å². The highest BCUT2D eigenvalue weighted by molar-refractivity contribution is 7.91. The highest BCUT2D eigenvalue weighted by atomic mass is 32.2. The van der Waals surface area contributed by atoms with Crippen molar-refractivity contribution in [1.29, 1.82) is 0 Å². The molecule has 15 heavy (non-hydrogen) atoms. The van der Waals surface area contributed by atoms with Crippen molar-refractivity contribution >= 4 is 9.84 Å². The summed E-state index contributed by atoms with van der Waals surface area (Å²) in [6.07, 6.45) is 2.30. The molecule has 86 valence electrons. The highest BCUT2D eigenvalue weighted by Crippen LogP contribution is 2.23. The molecule has 1 saturated heterocycles. The van der Waals surface area contributed by atoms with E-state index in [-0.39, 0.29) is 17.7 Å². The first kappa shape index (κ1) is 12.5. The van der Waals surface area contributed by atoms with Crippen LogP contribution in [0.5, 0.6) is 0 Å². The van der Waals surface area contributed by atoms with E-state index >= 15 is 0 Å². The molecule has 0 saturated carbocycles. The molecule has 4 nitrogen and oxygen atoms in total. The zero-order valence-corrected chi connectivity index (χ0v) is 9.81. The van der Waals surface area contributed by atoms with Crippen LogP contribution in [0, 0.1) is 17.8 Å². The molecule has 3 N–H and O–H groups in total. The zero-order valence-electron chi connectivity index (χ0n) is 8.99. The number of hydrazine groups is 1. The lowest BCUT2D eigenvalue weighted by Gasteiger charge is -2.20. The summed E-state index contributed by atoms with van der Waals surface area (Å²) >= 11 is 0. The normalized spacial score (nSPS) is 25.6. The van der Waals surface area contributed by atoms with Gasteiger partial charge in [0.2, 0.25) is 0 Å². The second-order valence-corrected chi connectivity index (χ2v) is 6.13. The predicted molar refractivity (Wildman–Crippen MR) is 60.6 cm³/mol. The van der Waals surface area contributed by atoms with Crippen LogP contribution in [0.15, 0.2) is 0 Å². The summed E-state index contributed by atoms with van der Waals surface area (Å²) in [7, 11) is -2.81. The minimum absolute atomic E-state index is 0.0723. The van der Waals surface area contributed by atoms with Gasteiger partial charge in [0.1, 0.15) is 0 Å². The van der Waals surface area contributed by atoms with Crippen molar-refractivity contribution in [2.75, 3.05) is 11.5 Å². The fourth-order valence-corrected chi connectivity index (χ4v) is 3.83. The first-order chi connectivity index (χ1) is 7.09. The molecule has 1 heterocycles. The van der Waals surface area contributed by atoms with Gasteiger partial charge in [-0.05, 0) is 25.7 Å². The van der Waals surface area contributed by atoms with E-state index in [4.69, 9.17) is 5.84 Å². The summed E-state index contributed by atoms with van der Waals surface area (Å²) < 4.78 is 22.6. The van der Waals surface area contributed by atoms with Gasteiger partial charge in [0.25, 0.3) is 0 Å². The Morgan fingerprint density at radius 3 is 2.80 bits per heavy atom. The van der Waals surface area contributed by atoms with Crippen LogP contribution >= 0.6 is 0 Å². The summed E-state index contributed by atoms with van der Waals surface area (Å²) in [4.78, 5) is 0. The van der Waals surface area contributed by atoms with Crippen LogP contribution in [0.2, 0.25) is 0 Å². The average molecular weight is 230 g/mol. The molecule has 0 spiro atoms. The first-order valence-electron chi connectivity index (χ1n) is 5.15. The highest BCUT2D eigenvalue weighted by Gasteiger charge is 2.32. The summed E-state index contributed by atoms with van der Waals surface area (Å²) in [5.41, 5.74) is 2.71. The molecule has 0 aromatic heterocycles. The number of sulfone groups is 1. The summed E-state index contributed by atoms with van der Waals surface area (Å²) in [6, 6.07) is 0.0723. The van der Waals surface area contributed by atoms with Gasteiger partial charge in [-0.15, -0.1) is 11.8 Å². The molecule has 0 amide bonds. The molecule has 5 heteroatoms. The standard InChI is InChI=1S/C10H18N2O2S/c1-2-3-4-5-10(12-11)9-6-7-15(13,14)8-9/h9-10,12H,4-8,11H2,1H3. The lowest BCUT2D eigenvalue weighted by Crippen LogP contribution is -2.41. The van der Waals surface area contributed by atoms with Gasteiger partial charge in [-0.25, -0.2) is 8.42 Å². The SMILES string of the molecule is CC#CCCC(NN)C1CCS(=O)(=O)C1. The van der Waals surface area contributed by atoms with Gasteiger partial charge in [0.15, 0.2) is 9.84 Å². The zero-order chi connectivity index (χ0) is 11.3. The van der Waals surface area contributed by atoms with Crippen molar-refractivity contribution < 1.29 is 8.42 Å². The second-order valence-electron chi connectivity index (χ2n) is 3.90. The third-order valence-corrected chi connectivity index (χ3v) is 4.60. The fraction of sp³-hybridized carbons (Fsp3) is 0.800. The number of hydrogen-bond donors (Lipinski definition) is 2. The van der Waals surface area contributed by atoms with Crippen molar-refractivity contribution in [3.05, 3.63) is 0 Å². The maximum atomic E-state index is 11.3. The fourth-order valence-electron chi connectivity index (χ4n) is 1.95. The van der Waals surface area contributed by atoms with E-state index in [0.29, 0.717) is 5.75 Å². The maximum absolute atomic E-state index is 11.3. The largest absolute Gasteiger partial charge is 0.271 e. The van der Waals surface area contributed by atoms with Crippen molar-refractivity contribution in [3.8, 4) is 11.8 Å². The van der Waals surface area contributed by atoms with Crippen LogP contribution in [-0.4, -0.2) is 26.0 Å². The van der Waals surface area contributed by atoms with Gasteiger partial charge in [-0.1, -0.05) is 0 Å². The molecule has 0 bridgehead atoms. The molecule has 2 atom stereocenters. The van der Waals surface area contributed by atoms with Crippen molar-refractivity contribution in [2.24, 2.45) is 11.8 Å². The Hall–Kier alpha value is -0.570. The molecule has 0 aromatic rings. The van der Waals surface area contributed by atoms with Crippen LogP contribution < -0.4 is 11.3 Å². The van der Waals surface area contributed by atoms with Gasteiger partial charge in [0.05, 0.1) is 11.5 Å². The van der Waals surface area contributed by atoms with E-state index in [1.165, 1.54) is 0 Å². The third-order valence-electron chi connectivity index (χ3n) is 2.81. The van der Waals surface area contributed by atoms with Crippen LogP contribution in [0.4, 0.5) is 0 Å². The summed E-state index contributed by atoms with van der Waals surface area (Å²) in [6.45, 7) is 1.80. The Kier molecular flexibility index (Phi) is 4.58. The topological polar surface area (TPSA) is 72.2 Å². The van der Waals surface area contributed by atoms with Gasteiger partial charge >= 0.3 is 0 Å². The number of hydrogen-bond acceptors (Lipinski definition) is 4.